The van der Waals surface area contributed by atoms with E-state index in [4.69, 9.17) is 11.6 Å². The topological polar surface area (TPSA) is 17.1 Å². The van der Waals surface area contributed by atoms with Gasteiger partial charge in [-0.15, -0.1) is 0 Å². The van der Waals surface area contributed by atoms with Gasteiger partial charge >= 0.3 is 0 Å². The minimum atomic E-state index is -0.0248. The summed E-state index contributed by atoms with van der Waals surface area (Å²) in [5.41, 5.74) is 0.574. The van der Waals surface area contributed by atoms with Crippen LogP contribution in [-0.4, -0.2) is 3.79 Å². The Morgan fingerprint density at radius 1 is 1.40 bits per heavy atom. The van der Waals surface area contributed by atoms with Crippen molar-refractivity contribution in [3.05, 3.63) is 34.9 Å². The van der Waals surface area contributed by atoms with E-state index in [0.717, 1.165) is 0 Å². The molecule has 0 heterocycles. The first-order valence-electron chi connectivity index (χ1n) is 2.66. The molecule has 1 aromatic carbocycles. The van der Waals surface area contributed by atoms with E-state index in [1.54, 1.807) is 46.9 Å². The van der Waals surface area contributed by atoms with Crippen LogP contribution in [0, 0.1) is 0 Å². The molecule has 0 spiro atoms. The van der Waals surface area contributed by atoms with Crippen LogP contribution in [0.25, 0.3) is 0 Å². The molecular weight excluding hydrogens is 262 g/mol. The average Bonchev–Trinajstić information content (AvgIpc) is 1.88. The Bertz CT molecular complexity index is 260. The molecule has 0 amide bonds. The lowest BCUT2D eigenvalue weighted by Crippen LogP contribution is -1.87. The van der Waals surface area contributed by atoms with Gasteiger partial charge in [-0.3, -0.25) is 4.79 Å². The minimum Gasteiger partial charge on any atom is -0.282 e. The number of rotatable bonds is 1. The lowest BCUT2D eigenvalue weighted by molar-refractivity contribution is 0.110. The van der Waals surface area contributed by atoms with Crippen LogP contribution >= 0.6 is 34.2 Å². The van der Waals surface area contributed by atoms with E-state index in [0.29, 0.717) is 10.6 Å². The van der Waals surface area contributed by atoms with Crippen LogP contribution in [0.5, 0.6) is 0 Å². The van der Waals surface area contributed by atoms with Gasteiger partial charge in [0.15, 0.2) is 0 Å². The zero-order valence-corrected chi connectivity index (χ0v) is 7.89. The predicted molar refractivity (Wildman–Crippen MR) is 49.8 cm³/mol. The van der Waals surface area contributed by atoms with Gasteiger partial charge in [-0.1, -0.05) is 23.7 Å². The molecular formula is C7H4ClIO. The fraction of sp³-hybridized carbons (Fsp3) is 0. The molecule has 0 aliphatic heterocycles. The summed E-state index contributed by atoms with van der Waals surface area (Å²) in [4.78, 5) is 10.8. The van der Waals surface area contributed by atoms with Crippen molar-refractivity contribution in [3.8, 4) is 0 Å². The van der Waals surface area contributed by atoms with Crippen molar-refractivity contribution >= 4 is 38.0 Å². The normalized spacial score (nSPS) is 9.40. The van der Waals surface area contributed by atoms with Gasteiger partial charge in [0.05, 0.1) is 5.02 Å². The second kappa shape index (κ2) is 3.34. The molecule has 0 aliphatic carbocycles. The lowest BCUT2D eigenvalue weighted by atomic mass is 10.2. The number of carbonyl (C=O) groups is 1. The molecule has 1 aromatic rings. The smallest absolute Gasteiger partial charge is 0.223 e. The minimum absolute atomic E-state index is 0.0248. The van der Waals surface area contributed by atoms with Gasteiger partial charge in [-0.05, 0) is 12.1 Å². The molecule has 1 nitrogen and oxygen atoms in total. The van der Waals surface area contributed by atoms with Crippen LogP contribution < -0.4 is 0 Å². The maximum absolute atomic E-state index is 10.8. The van der Waals surface area contributed by atoms with E-state index in [1.807, 2.05) is 0 Å². The number of hydrogen-bond acceptors (Lipinski definition) is 1. The van der Waals surface area contributed by atoms with Crippen LogP contribution in [-0.2, 0) is 0 Å². The fourth-order valence-electron chi connectivity index (χ4n) is 0.621. The zero-order chi connectivity index (χ0) is 7.56. The number of carbonyl (C=O) groups excluding carboxylic acids is 1. The third kappa shape index (κ3) is 1.70. The highest BCUT2D eigenvalue weighted by atomic mass is 127. The predicted octanol–water partition coefficient (Wildman–Crippen LogP) is 2.92. The van der Waals surface area contributed by atoms with E-state index >= 15 is 0 Å². The summed E-state index contributed by atoms with van der Waals surface area (Å²) in [6.07, 6.45) is 0. The van der Waals surface area contributed by atoms with Gasteiger partial charge in [0.2, 0.25) is 3.79 Å². The molecule has 0 bridgehead atoms. The van der Waals surface area contributed by atoms with Crippen molar-refractivity contribution in [1.82, 2.24) is 0 Å². The molecule has 52 valence electrons. The summed E-state index contributed by atoms with van der Waals surface area (Å²) in [6, 6.07) is 6.99. The van der Waals surface area contributed by atoms with Gasteiger partial charge in [0.1, 0.15) is 0 Å². The van der Waals surface area contributed by atoms with Crippen molar-refractivity contribution in [2.24, 2.45) is 0 Å². The van der Waals surface area contributed by atoms with Gasteiger partial charge in [-0.2, -0.15) is 0 Å². The Morgan fingerprint density at radius 2 is 2.00 bits per heavy atom. The third-order valence-corrected chi connectivity index (χ3v) is 2.00. The summed E-state index contributed by atoms with van der Waals surface area (Å²) in [5, 5.41) is 0.516. The highest BCUT2D eigenvalue weighted by Gasteiger charge is 2.03. The molecule has 0 aromatic heterocycles. The molecule has 0 N–H and O–H groups in total. The summed E-state index contributed by atoms with van der Waals surface area (Å²) in [6.45, 7) is 0. The summed E-state index contributed by atoms with van der Waals surface area (Å²) >= 11 is 7.40. The fourth-order valence-corrected chi connectivity index (χ4v) is 1.47. The molecule has 0 radical (unpaired) electrons. The van der Waals surface area contributed by atoms with E-state index in [1.165, 1.54) is 0 Å². The average molecular weight is 266 g/mol. The van der Waals surface area contributed by atoms with Gasteiger partial charge in [-0.25, -0.2) is 0 Å². The molecule has 0 saturated heterocycles. The van der Waals surface area contributed by atoms with E-state index < -0.39 is 0 Å². The summed E-state index contributed by atoms with van der Waals surface area (Å²) in [7, 11) is 0. The van der Waals surface area contributed by atoms with Gasteiger partial charge in [0.25, 0.3) is 0 Å². The SMILES string of the molecule is O=C(I)c1ccccc1Cl. The first-order chi connectivity index (χ1) is 4.72. The maximum atomic E-state index is 10.8. The van der Waals surface area contributed by atoms with Crippen LogP contribution in [0.4, 0.5) is 0 Å². The highest BCUT2D eigenvalue weighted by Crippen LogP contribution is 2.17. The van der Waals surface area contributed by atoms with Crippen LogP contribution in [0.3, 0.4) is 0 Å². The van der Waals surface area contributed by atoms with E-state index in [2.05, 4.69) is 0 Å². The molecule has 10 heavy (non-hydrogen) atoms. The first kappa shape index (κ1) is 8.01. The van der Waals surface area contributed by atoms with Crippen molar-refractivity contribution < 1.29 is 4.79 Å². The molecule has 0 atom stereocenters. The van der Waals surface area contributed by atoms with Crippen LogP contribution in [0.2, 0.25) is 5.02 Å². The van der Waals surface area contributed by atoms with Crippen LogP contribution in [0.15, 0.2) is 24.3 Å². The second-order valence-electron chi connectivity index (χ2n) is 1.75. The highest BCUT2D eigenvalue weighted by molar-refractivity contribution is 14.1. The molecule has 0 fully saturated rings. The Morgan fingerprint density at radius 3 is 2.40 bits per heavy atom. The molecule has 0 unspecified atom stereocenters. The maximum Gasteiger partial charge on any atom is 0.223 e. The number of halogens is 2. The van der Waals surface area contributed by atoms with Gasteiger partial charge in [0, 0.05) is 28.2 Å². The van der Waals surface area contributed by atoms with Crippen molar-refractivity contribution in [3.63, 3.8) is 0 Å². The van der Waals surface area contributed by atoms with Gasteiger partial charge < -0.3 is 0 Å². The zero-order valence-electron chi connectivity index (χ0n) is 4.97. The summed E-state index contributed by atoms with van der Waals surface area (Å²) in [5.74, 6) is 0. The second-order valence-corrected chi connectivity index (χ2v) is 3.14. The van der Waals surface area contributed by atoms with Crippen molar-refractivity contribution in [2.75, 3.05) is 0 Å². The van der Waals surface area contributed by atoms with E-state index in [-0.39, 0.29) is 3.79 Å². The number of hydrogen-bond donors (Lipinski definition) is 0. The van der Waals surface area contributed by atoms with Crippen molar-refractivity contribution in [1.29, 1.82) is 0 Å². The van der Waals surface area contributed by atoms with Crippen LogP contribution in [0.1, 0.15) is 10.4 Å². The molecule has 1 rings (SSSR count). The Hall–Kier alpha value is -0.0900. The summed E-state index contributed by atoms with van der Waals surface area (Å²) < 4.78 is -0.0248. The third-order valence-electron chi connectivity index (χ3n) is 1.09. The first-order valence-corrected chi connectivity index (χ1v) is 4.12. The Balaban J connectivity index is 3.15. The largest absolute Gasteiger partial charge is 0.282 e. The lowest BCUT2D eigenvalue weighted by Gasteiger charge is -1.94. The Labute approximate surface area is 77.5 Å². The molecule has 0 saturated carbocycles. The Kier molecular flexibility index (Phi) is 2.68. The van der Waals surface area contributed by atoms with Crippen molar-refractivity contribution in [2.45, 2.75) is 0 Å². The molecule has 3 heteroatoms. The number of benzene rings is 1. The monoisotopic (exact) mass is 266 g/mol. The van der Waals surface area contributed by atoms with E-state index in [9.17, 15) is 4.79 Å². The quantitative estimate of drug-likeness (QED) is 0.564. The molecule has 0 aliphatic rings. The standard InChI is InChI=1S/C7H4ClIO/c8-6-4-2-1-3-5(6)7(9)10/h1-4H.